The first-order chi connectivity index (χ1) is 10.6. The van der Waals surface area contributed by atoms with E-state index in [4.69, 9.17) is 5.73 Å². The van der Waals surface area contributed by atoms with Crippen LogP contribution in [0.1, 0.15) is 44.9 Å². The molecule has 1 heterocycles. The summed E-state index contributed by atoms with van der Waals surface area (Å²) in [6.07, 6.45) is 7.51. The van der Waals surface area contributed by atoms with Crippen molar-refractivity contribution in [2.75, 3.05) is 32.8 Å². The van der Waals surface area contributed by atoms with Gasteiger partial charge in [-0.3, -0.25) is 14.5 Å². The van der Waals surface area contributed by atoms with E-state index >= 15 is 0 Å². The molecule has 2 fully saturated rings. The second-order valence-electron chi connectivity index (χ2n) is 6.57. The number of aliphatic hydroxyl groups is 1. The molecule has 2 aliphatic rings. The lowest BCUT2D eigenvalue weighted by Crippen LogP contribution is -2.50. The van der Waals surface area contributed by atoms with Gasteiger partial charge in [0.15, 0.2) is 0 Å². The Kier molecular flexibility index (Phi) is 6.64. The van der Waals surface area contributed by atoms with Crippen molar-refractivity contribution in [1.82, 2.24) is 9.80 Å². The normalized spacial score (nSPS) is 23.7. The van der Waals surface area contributed by atoms with Crippen molar-refractivity contribution >= 4 is 11.8 Å². The lowest BCUT2D eigenvalue weighted by atomic mass is 9.94. The van der Waals surface area contributed by atoms with E-state index in [0.717, 1.165) is 25.7 Å². The van der Waals surface area contributed by atoms with E-state index in [1.54, 1.807) is 4.90 Å². The molecule has 0 bridgehead atoms. The van der Waals surface area contributed by atoms with Crippen LogP contribution >= 0.6 is 0 Å². The summed E-state index contributed by atoms with van der Waals surface area (Å²) in [5, 5.41) is 9.28. The predicted molar refractivity (Wildman–Crippen MR) is 84.0 cm³/mol. The summed E-state index contributed by atoms with van der Waals surface area (Å²) in [6, 6.07) is 0.404. The van der Waals surface area contributed by atoms with Gasteiger partial charge in [0.2, 0.25) is 11.8 Å². The van der Waals surface area contributed by atoms with Gasteiger partial charge in [0.1, 0.15) is 0 Å². The summed E-state index contributed by atoms with van der Waals surface area (Å²) < 4.78 is 0. The second-order valence-corrected chi connectivity index (χ2v) is 6.57. The minimum absolute atomic E-state index is 0.0602. The van der Waals surface area contributed by atoms with Crippen molar-refractivity contribution in [3.63, 3.8) is 0 Å². The van der Waals surface area contributed by atoms with E-state index < -0.39 is 0 Å². The molecule has 0 aromatic rings. The standard InChI is InChI=1S/C16H29N3O3/c17-16(22)13-5-4-8-19(11-13)15(21)12-18(9-10-20)14-6-2-1-3-7-14/h13-14,20H,1-12H2,(H2,17,22). The first-order valence-corrected chi connectivity index (χ1v) is 8.54. The van der Waals surface area contributed by atoms with Gasteiger partial charge in [0.25, 0.3) is 0 Å². The number of piperidine rings is 1. The number of hydrogen-bond donors (Lipinski definition) is 2. The topological polar surface area (TPSA) is 86.9 Å². The summed E-state index contributed by atoms with van der Waals surface area (Å²) in [6.45, 7) is 2.12. The van der Waals surface area contributed by atoms with Crippen molar-refractivity contribution in [2.24, 2.45) is 11.7 Å². The molecule has 1 atom stereocenters. The molecule has 0 radical (unpaired) electrons. The molecule has 22 heavy (non-hydrogen) atoms. The Balaban J connectivity index is 1.90. The Labute approximate surface area is 132 Å². The average Bonchev–Trinajstić information content (AvgIpc) is 2.55. The van der Waals surface area contributed by atoms with Crippen LogP contribution in [0.2, 0.25) is 0 Å². The van der Waals surface area contributed by atoms with Gasteiger partial charge in [-0.15, -0.1) is 0 Å². The Bertz CT molecular complexity index is 383. The molecule has 1 aliphatic heterocycles. The number of primary amides is 1. The first-order valence-electron chi connectivity index (χ1n) is 8.54. The lowest BCUT2D eigenvalue weighted by molar-refractivity contribution is -0.136. The highest BCUT2D eigenvalue weighted by molar-refractivity contribution is 5.81. The van der Waals surface area contributed by atoms with E-state index in [1.807, 2.05) is 0 Å². The van der Waals surface area contributed by atoms with Crippen LogP contribution in [0.4, 0.5) is 0 Å². The molecule has 6 heteroatoms. The largest absolute Gasteiger partial charge is 0.395 e. The third-order valence-electron chi connectivity index (χ3n) is 4.99. The van der Waals surface area contributed by atoms with Gasteiger partial charge in [0.05, 0.1) is 19.1 Å². The van der Waals surface area contributed by atoms with Crippen LogP contribution in [0.25, 0.3) is 0 Å². The summed E-state index contributed by atoms with van der Waals surface area (Å²) in [5.41, 5.74) is 5.38. The number of nitrogens with zero attached hydrogens (tertiary/aromatic N) is 2. The van der Waals surface area contributed by atoms with Gasteiger partial charge >= 0.3 is 0 Å². The minimum atomic E-state index is -0.308. The second kappa shape index (κ2) is 8.48. The van der Waals surface area contributed by atoms with Crippen molar-refractivity contribution in [3.8, 4) is 0 Å². The minimum Gasteiger partial charge on any atom is -0.395 e. The number of carbonyl (C=O) groups is 2. The number of amides is 2. The molecule has 2 amide bonds. The van der Waals surface area contributed by atoms with Gasteiger partial charge < -0.3 is 15.7 Å². The molecule has 1 saturated heterocycles. The van der Waals surface area contributed by atoms with E-state index in [-0.39, 0.29) is 24.3 Å². The lowest BCUT2D eigenvalue weighted by Gasteiger charge is -2.36. The Morgan fingerprint density at radius 3 is 2.50 bits per heavy atom. The van der Waals surface area contributed by atoms with Gasteiger partial charge in [-0.2, -0.15) is 0 Å². The molecular formula is C16H29N3O3. The van der Waals surface area contributed by atoms with Crippen LogP contribution in [0.3, 0.4) is 0 Å². The molecular weight excluding hydrogens is 282 g/mol. The van der Waals surface area contributed by atoms with Crippen LogP contribution in [0, 0.1) is 5.92 Å². The van der Waals surface area contributed by atoms with Crippen molar-refractivity contribution in [1.29, 1.82) is 0 Å². The fourth-order valence-corrected chi connectivity index (χ4v) is 3.68. The number of likely N-dealkylation sites (tertiary alicyclic amines) is 1. The summed E-state index contributed by atoms with van der Waals surface area (Å²) in [4.78, 5) is 27.8. The van der Waals surface area contributed by atoms with Crippen LogP contribution in [-0.2, 0) is 9.59 Å². The first kappa shape index (κ1) is 17.2. The summed E-state index contributed by atoms with van der Waals surface area (Å²) in [5.74, 6) is -0.458. The molecule has 0 spiro atoms. The third-order valence-corrected chi connectivity index (χ3v) is 4.99. The van der Waals surface area contributed by atoms with E-state index in [1.165, 1.54) is 19.3 Å². The smallest absolute Gasteiger partial charge is 0.236 e. The molecule has 0 aromatic carbocycles. The summed E-state index contributed by atoms with van der Waals surface area (Å²) in [7, 11) is 0. The monoisotopic (exact) mass is 311 g/mol. The fourth-order valence-electron chi connectivity index (χ4n) is 3.68. The Morgan fingerprint density at radius 1 is 1.14 bits per heavy atom. The van der Waals surface area contributed by atoms with E-state index in [2.05, 4.69) is 4.90 Å². The van der Waals surface area contributed by atoms with E-state index in [0.29, 0.717) is 32.2 Å². The van der Waals surface area contributed by atoms with Crippen LogP contribution in [0.15, 0.2) is 0 Å². The number of carbonyl (C=O) groups excluding carboxylic acids is 2. The average molecular weight is 311 g/mol. The predicted octanol–water partition coefficient (Wildman–Crippen LogP) is 0.337. The molecule has 3 N–H and O–H groups in total. The SMILES string of the molecule is NC(=O)C1CCCN(C(=O)CN(CCO)C2CCCCC2)C1. The number of nitrogens with two attached hydrogens (primary N) is 1. The van der Waals surface area contributed by atoms with Crippen molar-refractivity contribution in [3.05, 3.63) is 0 Å². The van der Waals surface area contributed by atoms with Crippen LogP contribution in [0.5, 0.6) is 0 Å². The van der Waals surface area contributed by atoms with Crippen molar-refractivity contribution < 1.29 is 14.7 Å². The molecule has 1 unspecified atom stereocenters. The Morgan fingerprint density at radius 2 is 1.86 bits per heavy atom. The maximum Gasteiger partial charge on any atom is 0.236 e. The van der Waals surface area contributed by atoms with Crippen LogP contribution in [-0.4, -0.2) is 65.5 Å². The van der Waals surface area contributed by atoms with Gasteiger partial charge in [-0.05, 0) is 25.7 Å². The molecule has 1 saturated carbocycles. The number of rotatable bonds is 6. The zero-order valence-electron chi connectivity index (χ0n) is 13.4. The maximum atomic E-state index is 12.5. The fraction of sp³-hybridized carbons (Fsp3) is 0.875. The Hall–Kier alpha value is -1.14. The molecule has 126 valence electrons. The highest BCUT2D eigenvalue weighted by atomic mass is 16.3. The summed E-state index contributed by atoms with van der Waals surface area (Å²) >= 11 is 0. The quantitative estimate of drug-likeness (QED) is 0.740. The van der Waals surface area contributed by atoms with Crippen molar-refractivity contribution in [2.45, 2.75) is 51.0 Å². The number of aliphatic hydroxyl groups excluding tert-OH is 1. The molecule has 0 aromatic heterocycles. The van der Waals surface area contributed by atoms with Gasteiger partial charge in [0, 0.05) is 25.7 Å². The zero-order chi connectivity index (χ0) is 15.9. The molecule has 2 rings (SSSR count). The van der Waals surface area contributed by atoms with Crippen LogP contribution < -0.4 is 5.73 Å². The van der Waals surface area contributed by atoms with Gasteiger partial charge in [-0.1, -0.05) is 19.3 Å². The molecule has 1 aliphatic carbocycles. The maximum absolute atomic E-state index is 12.5. The van der Waals surface area contributed by atoms with E-state index in [9.17, 15) is 14.7 Å². The zero-order valence-corrected chi connectivity index (χ0v) is 13.4. The number of hydrogen-bond acceptors (Lipinski definition) is 4. The highest BCUT2D eigenvalue weighted by Crippen LogP contribution is 2.23. The molecule has 6 nitrogen and oxygen atoms in total. The highest BCUT2D eigenvalue weighted by Gasteiger charge is 2.29. The third kappa shape index (κ3) is 4.68. The van der Waals surface area contributed by atoms with Gasteiger partial charge in [-0.25, -0.2) is 0 Å².